The Kier molecular flexibility index (Phi) is 5.55. The minimum Gasteiger partial charge on any atom is -0.373 e. The number of benzene rings is 1. The van der Waals surface area contributed by atoms with Crippen molar-refractivity contribution in [1.29, 1.82) is 0 Å². The molecule has 0 bridgehead atoms. The molecular formula is C19H29N3O. The van der Waals surface area contributed by atoms with E-state index in [1.165, 1.54) is 36.8 Å². The van der Waals surface area contributed by atoms with Crippen LogP contribution < -0.4 is 11.1 Å². The third kappa shape index (κ3) is 4.47. The van der Waals surface area contributed by atoms with Crippen molar-refractivity contribution in [2.24, 2.45) is 22.6 Å². The maximum absolute atomic E-state index is 6.05. The normalized spacial score (nSPS) is 25.9. The summed E-state index contributed by atoms with van der Waals surface area (Å²) in [6.07, 6.45) is 6.42. The van der Waals surface area contributed by atoms with Gasteiger partial charge in [0.1, 0.15) is 0 Å². The number of nitrogens with one attached hydrogen (secondary N) is 1. The predicted octanol–water partition coefficient (Wildman–Crippen LogP) is 3.17. The van der Waals surface area contributed by atoms with Crippen molar-refractivity contribution in [2.45, 2.75) is 45.1 Å². The van der Waals surface area contributed by atoms with E-state index in [1.54, 1.807) is 0 Å². The number of ether oxygens (including phenoxy) is 1. The number of guanidine groups is 1. The highest BCUT2D eigenvalue weighted by atomic mass is 16.5. The van der Waals surface area contributed by atoms with Crippen molar-refractivity contribution >= 4 is 5.96 Å². The maximum Gasteiger partial charge on any atom is 0.188 e. The summed E-state index contributed by atoms with van der Waals surface area (Å²) in [5.41, 5.74) is 8.57. The van der Waals surface area contributed by atoms with Crippen LogP contribution in [-0.4, -0.2) is 25.7 Å². The molecule has 1 aliphatic carbocycles. The molecule has 0 amide bonds. The maximum atomic E-state index is 6.05. The fourth-order valence-corrected chi connectivity index (χ4v) is 3.37. The van der Waals surface area contributed by atoms with Crippen LogP contribution >= 0.6 is 0 Å². The van der Waals surface area contributed by atoms with Gasteiger partial charge in [0.25, 0.3) is 0 Å². The van der Waals surface area contributed by atoms with Crippen LogP contribution in [0.2, 0.25) is 0 Å². The Labute approximate surface area is 139 Å². The number of hydrogen-bond acceptors (Lipinski definition) is 2. The SMILES string of the molecule is Cc1ccc(C2OCCCC2CNC(N)=NCC2CCC2)cc1. The highest BCUT2D eigenvalue weighted by molar-refractivity contribution is 5.77. The van der Waals surface area contributed by atoms with Gasteiger partial charge in [-0.2, -0.15) is 0 Å². The summed E-state index contributed by atoms with van der Waals surface area (Å²) in [5, 5.41) is 3.31. The number of nitrogens with two attached hydrogens (primary N) is 1. The second-order valence-corrected chi connectivity index (χ2v) is 7.01. The minimum atomic E-state index is 0.163. The second-order valence-electron chi connectivity index (χ2n) is 7.01. The number of nitrogens with zero attached hydrogens (tertiary/aromatic N) is 1. The highest BCUT2D eigenvalue weighted by Crippen LogP contribution is 2.33. The molecule has 2 unspecified atom stereocenters. The van der Waals surface area contributed by atoms with E-state index < -0.39 is 0 Å². The van der Waals surface area contributed by atoms with Gasteiger partial charge < -0.3 is 15.8 Å². The molecule has 1 saturated heterocycles. The first-order valence-corrected chi connectivity index (χ1v) is 8.94. The fraction of sp³-hybridized carbons (Fsp3) is 0.632. The van der Waals surface area contributed by atoms with Gasteiger partial charge in [0.2, 0.25) is 0 Å². The molecule has 3 N–H and O–H groups in total. The molecule has 2 atom stereocenters. The molecule has 23 heavy (non-hydrogen) atoms. The monoisotopic (exact) mass is 315 g/mol. The van der Waals surface area contributed by atoms with Gasteiger partial charge in [0.15, 0.2) is 5.96 Å². The van der Waals surface area contributed by atoms with Crippen LogP contribution in [0.5, 0.6) is 0 Å². The quantitative estimate of drug-likeness (QED) is 0.648. The van der Waals surface area contributed by atoms with E-state index in [1.807, 2.05) is 0 Å². The summed E-state index contributed by atoms with van der Waals surface area (Å²) in [5.74, 6) is 1.79. The zero-order chi connectivity index (χ0) is 16.1. The molecule has 3 rings (SSSR count). The van der Waals surface area contributed by atoms with E-state index in [-0.39, 0.29) is 6.10 Å². The third-order valence-corrected chi connectivity index (χ3v) is 5.14. The Morgan fingerprint density at radius 1 is 1.22 bits per heavy atom. The summed E-state index contributed by atoms with van der Waals surface area (Å²) in [6, 6.07) is 8.69. The van der Waals surface area contributed by atoms with Gasteiger partial charge >= 0.3 is 0 Å². The molecule has 1 saturated carbocycles. The van der Waals surface area contributed by atoms with Crippen molar-refractivity contribution in [2.75, 3.05) is 19.7 Å². The second kappa shape index (κ2) is 7.82. The number of rotatable bonds is 5. The summed E-state index contributed by atoms with van der Waals surface area (Å²) in [6.45, 7) is 4.67. The van der Waals surface area contributed by atoms with Crippen molar-refractivity contribution in [1.82, 2.24) is 5.32 Å². The van der Waals surface area contributed by atoms with Gasteiger partial charge in [-0.15, -0.1) is 0 Å². The Balaban J connectivity index is 1.54. The molecule has 4 heteroatoms. The molecule has 4 nitrogen and oxygen atoms in total. The first kappa shape index (κ1) is 16.3. The molecule has 2 fully saturated rings. The molecule has 1 heterocycles. The lowest BCUT2D eigenvalue weighted by molar-refractivity contribution is -0.0265. The van der Waals surface area contributed by atoms with Crippen LogP contribution in [0.1, 0.15) is 49.3 Å². The topological polar surface area (TPSA) is 59.6 Å². The van der Waals surface area contributed by atoms with Gasteiger partial charge in [-0.25, -0.2) is 0 Å². The molecule has 0 spiro atoms. The van der Waals surface area contributed by atoms with Gasteiger partial charge in [0.05, 0.1) is 6.10 Å². The fourth-order valence-electron chi connectivity index (χ4n) is 3.37. The first-order chi connectivity index (χ1) is 11.2. The molecule has 0 radical (unpaired) electrons. The number of aryl methyl sites for hydroxylation is 1. The average Bonchev–Trinajstić information content (AvgIpc) is 2.52. The van der Waals surface area contributed by atoms with Crippen LogP contribution in [0.3, 0.4) is 0 Å². The molecule has 2 aliphatic rings. The Morgan fingerprint density at radius 3 is 2.70 bits per heavy atom. The highest BCUT2D eigenvalue weighted by Gasteiger charge is 2.27. The van der Waals surface area contributed by atoms with Crippen molar-refractivity contribution in [3.8, 4) is 0 Å². The van der Waals surface area contributed by atoms with E-state index in [4.69, 9.17) is 10.5 Å². The Morgan fingerprint density at radius 2 is 2.00 bits per heavy atom. The van der Waals surface area contributed by atoms with E-state index in [0.29, 0.717) is 11.9 Å². The van der Waals surface area contributed by atoms with Gasteiger partial charge in [0, 0.05) is 25.6 Å². The van der Waals surface area contributed by atoms with E-state index in [9.17, 15) is 0 Å². The summed E-state index contributed by atoms with van der Waals surface area (Å²) in [4.78, 5) is 4.48. The van der Waals surface area contributed by atoms with Crippen molar-refractivity contribution in [3.05, 3.63) is 35.4 Å². The van der Waals surface area contributed by atoms with Crippen LogP contribution in [0.25, 0.3) is 0 Å². The lowest BCUT2D eigenvalue weighted by Crippen LogP contribution is -2.39. The lowest BCUT2D eigenvalue weighted by atomic mass is 9.86. The number of hydrogen-bond donors (Lipinski definition) is 2. The van der Waals surface area contributed by atoms with Gasteiger partial charge in [-0.3, -0.25) is 4.99 Å². The number of aliphatic imine (C=N–C) groups is 1. The molecule has 126 valence electrons. The summed E-state index contributed by atoms with van der Waals surface area (Å²) >= 11 is 0. The van der Waals surface area contributed by atoms with E-state index >= 15 is 0 Å². The predicted molar refractivity (Wildman–Crippen MR) is 94.4 cm³/mol. The van der Waals surface area contributed by atoms with Crippen LogP contribution in [0, 0.1) is 18.8 Å². The average molecular weight is 315 g/mol. The van der Waals surface area contributed by atoms with Gasteiger partial charge in [-0.1, -0.05) is 36.2 Å². The van der Waals surface area contributed by atoms with E-state index in [0.717, 1.165) is 32.0 Å². The molecule has 0 aromatic heterocycles. The summed E-state index contributed by atoms with van der Waals surface area (Å²) in [7, 11) is 0. The van der Waals surface area contributed by atoms with Crippen LogP contribution in [-0.2, 0) is 4.74 Å². The zero-order valence-electron chi connectivity index (χ0n) is 14.1. The van der Waals surface area contributed by atoms with Gasteiger partial charge in [-0.05, 0) is 44.1 Å². The minimum absolute atomic E-state index is 0.163. The standard InChI is InChI=1S/C19H29N3O/c1-14-7-9-16(10-8-14)18-17(6-3-11-23-18)13-22-19(20)21-12-15-4-2-5-15/h7-10,15,17-18H,2-6,11-13H2,1H3,(H3,20,21,22). The van der Waals surface area contributed by atoms with E-state index in [2.05, 4.69) is 41.5 Å². The van der Waals surface area contributed by atoms with Crippen molar-refractivity contribution < 1.29 is 4.74 Å². The largest absolute Gasteiger partial charge is 0.373 e. The van der Waals surface area contributed by atoms with Crippen molar-refractivity contribution in [3.63, 3.8) is 0 Å². The Bertz CT molecular complexity index is 522. The van der Waals surface area contributed by atoms with Crippen LogP contribution in [0.15, 0.2) is 29.3 Å². The van der Waals surface area contributed by atoms with Crippen LogP contribution in [0.4, 0.5) is 0 Å². The first-order valence-electron chi connectivity index (χ1n) is 8.94. The zero-order valence-corrected chi connectivity index (χ0v) is 14.1. The smallest absolute Gasteiger partial charge is 0.188 e. The molecule has 1 aromatic rings. The molecule has 1 aliphatic heterocycles. The third-order valence-electron chi connectivity index (χ3n) is 5.14. The molecular weight excluding hydrogens is 286 g/mol. The molecule has 1 aromatic carbocycles. The summed E-state index contributed by atoms with van der Waals surface area (Å²) < 4.78 is 6.05. The Hall–Kier alpha value is -1.55. The lowest BCUT2D eigenvalue weighted by Gasteiger charge is -2.32.